The standard InChI is InChI=1S/C14H14N2O2/c1-2-18-13(17)14(8-9-14)16-12(10-15)11-6-4-3-5-7-11/h3-7H,2,8-9H2,1H3. The van der Waals surface area contributed by atoms with Crippen molar-refractivity contribution in [2.45, 2.75) is 25.3 Å². The molecule has 92 valence electrons. The monoisotopic (exact) mass is 242 g/mol. The van der Waals surface area contributed by atoms with Crippen LogP contribution < -0.4 is 0 Å². The van der Waals surface area contributed by atoms with Crippen LogP contribution in [0.3, 0.4) is 0 Å². The molecule has 4 heteroatoms. The second-order valence-electron chi connectivity index (χ2n) is 4.19. The van der Waals surface area contributed by atoms with Gasteiger partial charge in [-0.1, -0.05) is 30.3 Å². The van der Waals surface area contributed by atoms with E-state index in [9.17, 15) is 4.79 Å². The summed E-state index contributed by atoms with van der Waals surface area (Å²) in [5.41, 5.74) is 0.216. The molecule has 0 aliphatic heterocycles. The highest BCUT2D eigenvalue weighted by Gasteiger charge is 2.52. The maximum absolute atomic E-state index is 11.8. The number of hydrogen-bond acceptors (Lipinski definition) is 4. The van der Waals surface area contributed by atoms with Crippen molar-refractivity contribution >= 4 is 11.7 Å². The van der Waals surface area contributed by atoms with Crippen molar-refractivity contribution < 1.29 is 9.53 Å². The molecule has 0 atom stereocenters. The van der Waals surface area contributed by atoms with E-state index in [1.807, 2.05) is 30.3 Å². The van der Waals surface area contributed by atoms with Crippen molar-refractivity contribution in [1.82, 2.24) is 0 Å². The van der Waals surface area contributed by atoms with E-state index < -0.39 is 5.54 Å². The summed E-state index contributed by atoms with van der Waals surface area (Å²) in [4.78, 5) is 16.1. The van der Waals surface area contributed by atoms with Crippen LogP contribution in [0.1, 0.15) is 25.3 Å². The average molecular weight is 242 g/mol. The van der Waals surface area contributed by atoms with E-state index in [2.05, 4.69) is 11.1 Å². The van der Waals surface area contributed by atoms with Gasteiger partial charge in [-0.25, -0.2) is 4.79 Å². The molecular weight excluding hydrogens is 228 g/mol. The molecule has 1 aliphatic carbocycles. The highest BCUT2D eigenvalue weighted by Crippen LogP contribution is 2.41. The predicted octanol–water partition coefficient (Wildman–Crippen LogP) is 2.09. The van der Waals surface area contributed by atoms with Gasteiger partial charge in [0, 0.05) is 5.56 Å². The Morgan fingerprint density at radius 3 is 2.61 bits per heavy atom. The van der Waals surface area contributed by atoms with Crippen LogP contribution in [0.25, 0.3) is 0 Å². The fraction of sp³-hybridized carbons (Fsp3) is 0.357. The van der Waals surface area contributed by atoms with Gasteiger partial charge in [0.2, 0.25) is 0 Å². The molecule has 2 rings (SSSR count). The lowest BCUT2D eigenvalue weighted by Gasteiger charge is -2.09. The Morgan fingerprint density at radius 2 is 2.11 bits per heavy atom. The van der Waals surface area contributed by atoms with Gasteiger partial charge in [0.1, 0.15) is 11.8 Å². The quantitative estimate of drug-likeness (QED) is 0.600. The number of rotatable bonds is 4. The van der Waals surface area contributed by atoms with Gasteiger partial charge in [-0.3, -0.25) is 4.99 Å². The van der Waals surface area contributed by atoms with E-state index in [0.717, 1.165) is 5.56 Å². The molecule has 4 nitrogen and oxygen atoms in total. The van der Waals surface area contributed by atoms with Crippen molar-refractivity contribution in [3.05, 3.63) is 35.9 Å². The Balaban J connectivity index is 2.27. The van der Waals surface area contributed by atoms with Crippen molar-refractivity contribution in [3.63, 3.8) is 0 Å². The lowest BCUT2D eigenvalue weighted by Crippen LogP contribution is -2.24. The van der Waals surface area contributed by atoms with Crippen LogP contribution in [0.4, 0.5) is 0 Å². The molecule has 1 aromatic carbocycles. The fourth-order valence-electron chi connectivity index (χ4n) is 1.71. The van der Waals surface area contributed by atoms with E-state index >= 15 is 0 Å². The first-order valence-corrected chi connectivity index (χ1v) is 5.94. The number of hydrogen-bond donors (Lipinski definition) is 0. The first kappa shape index (κ1) is 12.3. The van der Waals surface area contributed by atoms with Crippen LogP contribution >= 0.6 is 0 Å². The fourth-order valence-corrected chi connectivity index (χ4v) is 1.71. The molecule has 0 radical (unpaired) electrons. The van der Waals surface area contributed by atoms with E-state index in [4.69, 9.17) is 10.00 Å². The Morgan fingerprint density at radius 1 is 1.44 bits per heavy atom. The summed E-state index contributed by atoms with van der Waals surface area (Å²) >= 11 is 0. The highest BCUT2D eigenvalue weighted by atomic mass is 16.5. The minimum Gasteiger partial charge on any atom is -0.464 e. The molecule has 0 aromatic heterocycles. The van der Waals surface area contributed by atoms with Gasteiger partial charge < -0.3 is 4.74 Å². The molecule has 0 unspecified atom stereocenters. The third-order valence-electron chi connectivity index (χ3n) is 2.86. The minimum absolute atomic E-state index is 0.293. The van der Waals surface area contributed by atoms with E-state index in [-0.39, 0.29) is 5.97 Å². The lowest BCUT2D eigenvalue weighted by molar-refractivity contribution is -0.145. The maximum Gasteiger partial charge on any atom is 0.334 e. The van der Waals surface area contributed by atoms with Crippen LogP contribution in [0.15, 0.2) is 35.3 Å². The normalized spacial score (nSPS) is 16.8. The summed E-state index contributed by atoms with van der Waals surface area (Å²) in [6.45, 7) is 2.10. The first-order valence-electron chi connectivity index (χ1n) is 5.94. The van der Waals surface area contributed by atoms with Gasteiger partial charge in [-0.15, -0.1) is 0 Å². The van der Waals surface area contributed by atoms with Crippen molar-refractivity contribution in [3.8, 4) is 6.07 Å². The lowest BCUT2D eigenvalue weighted by atomic mass is 10.1. The minimum atomic E-state index is -0.809. The molecule has 0 spiro atoms. The summed E-state index contributed by atoms with van der Waals surface area (Å²) in [7, 11) is 0. The number of nitriles is 1. The number of nitrogens with zero attached hydrogens (tertiary/aromatic N) is 2. The number of aliphatic imine (C=N–C) groups is 1. The molecule has 0 saturated heterocycles. The molecule has 18 heavy (non-hydrogen) atoms. The maximum atomic E-state index is 11.8. The Kier molecular flexibility index (Phi) is 3.42. The zero-order valence-electron chi connectivity index (χ0n) is 10.2. The van der Waals surface area contributed by atoms with Crippen LogP contribution in [0, 0.1) is 11.3 Å². The second kappa shape index (κ2) is 5.01. The number of ether oxygens (including phenoxy) is 1. The van der Waals surface area contributed by atoms with Crippen molar-refractivity contribution in [2.24, 2.45) is 4.99 Å². The Bertz CT molecular complexity index is 510. The van der Waals surface area contributed by atoms with Crippen LogP contribution in [0.2, 0.25) is 0 Å². The zero-order valence-corrected chi connectivity index (χ0v) is 10.2. The summed E-state index contributed by atoms with van der Waals surface area (Å²) in [6, 6.07) is 11.2. The van der Waals surface area contributed by atoms with Crippen molar-refractivity contribution in [1.29, 1.82) is 5.26 Å². The molecule has 0 bridgehead atoms. The third-order valence-corrected chi connectivity index (χ3v) is 2.86. The zero-order chi connectivity index (χ0) is 13.0. The largest absolute Gasteiger partial charge is 0.464 e. The summed E-state index contributed by atoms with van der Waals surface area (Å²) in [6.07, 6.45) is 1.31. The van der Waals surface area contributed by atoms with Gasteiger partial charge in [-0.05, 0) is 19.8 Å². The predicted molar refractivity (Wildman–Crippen MR) is 67.2 cm³/mol. The topological polar surface area (TPSA) is 62.4 Å². The number of esters is 1. The molecule has 1 saturated carbocycles. The van der Waals surface area contributed by atoms with Gasteiger partial charge >= 0.3 is 5.97 Å². The van der Waals surface area contributed by atoms with E-state index in [1.54, 1.807) is 6.92 Å². The van der Waals surface area contributed by atoms with Crippen LogP contribution in [-0.4, -0.2) is 23.8 Å². The third kappa shape index (κ3) is 2.40. The molecule has 1 aliphatic rings. The van der Waals surface area contributed by atoms with Gasteiger partial charge in [0.05, 0.1) is 6.61 Å². The first-order chi connectivity index (χ1) is 8.72. The molecule has 0 heterocycles. The van der Waals surface area contributed by atoms with E-state index in [1.165, 1.54) is 0 Å². The molecule has 1 aromatic rings. The smallest absolute Gasteiger partial charge is 0.334 e. The SMILES string of the molecule is CCOC(=O)C1(N=C(C#N)c2ccccc2)CC1. The van der Waals surface area contributed by atoms with Gasteiger partial charge in [0.25, 0.3) is 0 Å². The Hall–Kier alpha value is -2.15. The highest BCUT2D eigenvalue weighted by molar-refractivity contribution is 6.12. The average Bonchev–Trinajstić information content (AvgIpc) is 3.18. The Labute approximate surface area is 106 Å². The van der Waals surface area contributed by atoms with Gasteiger partial charge in [0.15, 0.2) is 5.54 Å². The summed E-state index contributed by atoms with van der Waals surface area (Å²) in [5, 5.41) is 9.15. The van der Waals surface area contributed by atoms with E-state index in [0.29, 0.717) is 25.2 Å². The summed E-state index contributed by atoms with van der Waals surface area (Å²) < 4.78 is 4.99. The number of carbonyl (C=O) groups is 1. The second-order valence-corrected chi connectivity index (χ2v) is 4.19. The van der Waals surface area contributed by atoms with Gasteiger partial charge in [-0.2, -0.15) is 5.26 Å². The molecular formula is C14H14N2O2. The van der Waals surface area contributed by atoms with Crippen molar-refractivity contribution in [2.75, 3.05) is 6.61 Å². The number of carbonyl (C=O) groups excluding carboxylic acids is 1. The molecule has 0 amide bonds. The molecule has 1 fully saturated rings. The summed E-state index contributed by atoms with van der Waals surface area (Å²) in [5.74, 6) is -0.325. The number of benzene rings is 1. The van der Waals surface area contributed by atoms with Crippen LogP contribution in [0.5, 0.6) is 0 Å². The molecule has 0 N–H and O–H groups in total. The van der Waals surface area contributed by atoms with Crippen LogP contribution in [-0.2, 0) is 9.53 Å².